The van der Waals surface area contributed by atoms with Gasteiger partial charge in [-0.25, -0.2) is 9.67 Å². The van der Waals surface area contributed by atoms with Gasteiger partial charge in [-0.2, -0.15) is 18.3 Å². The van der Waals surface area contributed by atoms with Crippen molar-refractivity contribution in [3.63, 3.8) is 0 Å². The van der Waals surface area contributed by atoms with Crippen molar-refractivity contribution in [3.05, 3.63) is 58.9 Å². The minimum absolute atomic E-state index is 0.0558. The molecule has 130 valence electrons. The molecule has 3 rings (SSSR count). The number of nitrogens with one attached hydrogen (secondary N) is 1. The predicted octanol–water partition coefficient (Wildman–Crippen LogP) is 3.84. The van der Waals surface area contributed by atoms with E-state index < -0.39 is 17.0 Å². The number of carbonyl (C=O) groups is 1. The van der Waals surface area contributed by atoms with Gasteiger partial charge >= 0.3 is 6.18 Å². The highest BCUT2D eigenvalue weighted by Crippen LogP contribution is 2.34. The second-order valence-corrected chi connectivity index (χ2v) is 6.37. The van der Waals surface area contributed by atoms with Gasteiger partial charge < -0.3 is 5.32 Å². The normalized spacial score (nSPS) is 11.5. The van der Waals surface area contributed by atoms with Gasteiger partial charge in [-0.1, -0.05) is 29.0 Å². The number of rotatable bonds is 4. The van der Waals surface area contributed by atoms with E-state index in [-0.39, 0.29) is 11.6 Å². The molecule has 0 spiro atoms. The molecule has 0 unspecified atom stereocenters. The number of aryl methyl sites for hydroxylation is 1. The van der Waals surface area contributed by atoms with Crippen LogP contribution in [0.2, 0.25) is 0 Å². The van der Waals surface area contributed by atoms with E-state index in [0.29, 0.717) is 23.2 Å². The zero-order chi connectivity index (χ0) is 18.0. The molecular weight excluding hydrogens is 353 g/mol. The standard InChI is InChI=1S/C16H13F3N4OS/c1-10-2-4-12(5-3-10)23-7-6-11(22-23)8-14(24)21-15-20-9-13(25-15)16(17,18)19/h2-7,9H,8H2,1H3,(H,20,21,24). The average molecular weight is 366 g/mol. The molecule has 9 heteroatoms. The summed E-state index contributed by atoms with van der Waals surface area (Å²) in [6, 6.07) is 9.39. The molecule has 25 heavy (non-hydrogen) atoms. The number of halogens is 3. The molecule has 2 heterocycles. The molecule has 0 aliphatic carbocycles. The summed E-state index contributed by atoms with van der Waals surface area (Å²) in [6.45, 7) is 1.98. The second kappa shape index (κ2) is 6.67. The minimum Gasteiger partial charge on any atom is -0.302 e. The topological polar surface area (TPSA) is 59.8 Å². The molecule has 0 aliphatic rings. The third-order valence-corrected chi connectivity index (χ3v) is 4.27. The van der Waals surface area contributed by atoms with E-state index >= 15 is 0 Å². The van der Waals surface area contributed by atoms with Crippen molar-refractivity contribution in [2.75, 3.05) is 5.32 Å². The molecule has 3 aromatic rings. The quantitative estimate of drug-likeness (QED) is 0.763. The summed E-state index contributed by atoms with van der Waals surface area (Å²) in [4.78, 5) is 14.7. The van der Waals surface area contributed by atoms with Gasteiger partial charge in [-0.05, 0) is 25.1 Å². The first-order valence-electron chi connectivity index (χ1n) is 7.26. The van der Waals surface area contributed by atoms with Gasteiger partial charge in [0.1, 0.15) is 4.88 Å². The first kappa shape index (κ1) is 17.2. The summed E-state index contributed by atoms with van der Waals surface area (Å²) in [7, 11) is 0. The van der Waals surface area contributed by atoms with Crippen LogP contribution in [0.4, 0.5) is 18.3 Å². The van der Waals surface area contributed by atoms with E-state index in [0.717, 1.165) is 11.3 Å². The van der Waals surface area contributed by atoms with Crippen molar-refractivity contribution in [2.45, 2.75) is 19.5 Å². The van der Waals surface area contributed by atoms with Gasteiger partial charge in [0.2, 0.25) is 5.91 Å². The summed E-state index contributed by atoms with van der Waals surface area (Å²) < 4.78 is 39.2. The van der Waals surface area contributed by atoms with Gasteiger partial charge in [-0.15, -0.1) is 0 Å². The van der Waals surface area contributed by atoms with Crippen LogP contribution in [0.25, 0.3) is 5.69 Å². The first-order valence-corrected chi connectivity index (χ1v) is 8.07. The molecular formula is C16H13F3N4OS. The van der Waals surface area contributed by atoms with E-state index in [4.69, 9.17) is 0 Å². The van der Waals surface area contributed by atoms with Gasteiger partial charge in [0.15, 0.2) is 5.13 Å². The molecule has 0 bridgehead atoms. The zero-order valence-electron chi connectivity index (χ0n) is 13.0. The maximum atomic E-state index is 12.5. The fraction of sp³-hybridized carbons (Fsp3) is 0.188. The van der Waals surface area contributed by atoms with Crippen molar-refractivity contribution in [1.29, 1.82) is 0 Å². The summed E-state index contributed by atoms with van der Waals surface area (Å²) in [5.41, 5.74) is 2.48. The SMILES string of the molecule is Cc1ccc(-n2ccc(CC(=O)Nc3ncc(C(F)(F)F)s3)n2)cc1. The van der Waals surface area contributed by atoms with E-state index in [1.54, 1.807) is 16.9 Å². The van der Waals surface area contributed by atoms with Crippen LogP contribution in [-0.2, 0) is 17.4 Å². The number of alkyl halides is 3. The van der Waals surface area contributed by atoms with Crippen molar-refractivity contribution < 1.29 is 18.0 Å². The third-order valence-electron chi connectivity index (χ3n) is 3.32. The van der Waals surface area contributed by atoms with Crippen molar-refractivity contribution in [2.24, 2.45) is 0 Å². The van der Waals surface area contributed by atoms with Crippen LogP contribution in [0.5, 0.6) is 0 Å². The molecule has 1 aromatic carbocycles. The Kier molecular flexibility index (Phi) is 4.58. The van der Waals surface area contributed by atoms with E-state index in [1.807, 2.05) is 31.2 Å². The Labute approximate surface area is 145 Å². The van der Waals surface area contributed by atoms with Gasteiger partial charge in [-0.3, -0.25) is 4.79 Å². The Morgan fingerprint density at radius 3 is 2.60 bits per heavy atom. The Balaban J connectivity index is 1.64. The monoisotopic (exact) mass is 366 g/mol. The number of carbonyl (C=O) groups excluding carboxylic acids is 1. The van der Waals surface area contributed by atoms with Gasteiger partial charge in [0.05, 0.1) is 24.0 Å². The third kappa shape index (κ3) is 4.24. The van der Waals surface area contributed by atoms with Crippen molar-refractivity contribution >= 4 is 22.4 Å². The van der Waals surface area contributed by atoms with E-state index in [9.17, 15) is 18.0 Å². The maximum Gasteiger partial charge on any atom is 0.427 e. The first-order chi connectivity index (χ1) is 11.8. The van der Waals surface area contributed by atoms with Crippen LogP contribution in [0.1, 0.15) is 16.1 Å². The number of hydrogen-bond donors (Lipinski definition) is 1. The maximum absolute atomic E-state index is 12.5. The zero-order valence-corrected chi connectivity index (χ0v) is 13.9. The highest BCUT2D eigenvalue weighted by molar-refractivity contribution is 7.15. The number of amides is 1. The van der Waals surface area contributed by atoms with E-state index in [2.05, 4.69) is 15.4 Å². The summed E-state index contributed by atoms with van der Waals surface area (Å²) in [5.74, 6) is -0.475. The van der Waals surface area contributed by atoms with E-state index in [1.165, 1.54) is 0 Å². The fourth-order valence-corrected chi connectivity index (χ4v) is 2.79. The lowest BCUT2D eigenvalue weighted by Crippen LogP contribution is -2.14. The molecule has 1 amide bonds. The highest BCUT2D eigenvalue weighted by Gasteiger charge is 2.33. The number of nitrogens with zero attached hydrogens (tertiary/aromatic N) is 3. The number of aromatic nitrogens is 3. The van der Waals surface area contributed by atoms with Crippen LogP contribution in [0.3, 0.4) is 0 Å². The summed E-state index contributed by atoms with van der Waals surface area (Å²) in [6.07, 6.45) is -2.10. The largest absolute Gasteiger partial charge is 0.427 e. The number of benzene rings is 1. The van der Waals surface area contributed by atoms with Crippen LogP contribution in [-0.4, -0.2) is 20.7 Å². The number of thiazole rings is 1. The lowest BCUT2D eigenvalue weighted by atomic mass is 10.2. The van der Waals surface area contributed by atoms with Crippen molar-refractivity contribution in [3.8, 4) is 5.69 Å². The predicted molar refractivity (Wildman–Crippen MR) is 87.8 cm³/mol. The van der Waals surface area contributed by atoms with Crippen LogP contribution in [0, 0.1) is 6.92 Å². The molecule has 0 saturated carbocycles. The lowest BCUT2D eigenvalue weighted by Gasteiger charge is -2.02. The Morgan fingerprint density at radius 1 is 1.24 bits per heavy atom. The average Bonchev–Trinajstić information content (AvgIpc) is 3.17. The Bertz CT molecular complexity index is 883. The second-order valence-electron chi connectivity index (χ2n) is 5.34. The number of anilines is 1. The van der Waals surface area contributed by atoms with Gasteiger partial charge in [0, 0.05) is 6.20 Å². The summed E-state index contributed by atoms with van der Waals surface area (Å²) in [5, 5.41) is 6.57. The molecule has 5 nitrogen and oxygen atoms in total. The molecule has 0 atom stereocenters. The summed E-state index contributed by atoms with van der Waals surface area (Å²) >= 11 is 0.388. The molecule has 2 aromatic heterocycles. The Morgan fingerprint density at radius 2 is 1.96 bits per heavy atom. The van der Waals surface area contributed by atoms with Crippen LogP contribution >= 0.6 is 11.3 Å². The Hall–Kier alpha value is -2.68. The molecule has 0 aliphatic heterocycles. The number of hydrogen-bond acceptors (Lipinski definition) is 4. The molecule has 0 fully saturated rings. The highest BCUT2D eigenvalue weighted by atomic mass is 32.1. The van der Waals surface area contributed by atoms with Crippen molar-refractivity contribution in [1.82, 2.24) is 14.8 Å². The van der Waals surface area contributed by atoms with Crippen LogP contribution < -0.4 is 5.32 Å². The lowest BCUT2D eigenvalue weighted by molar-refractivity contribution is -0.134. The smallest absolute Gasteiger partial charge is 0.302 e. The molecule has 0 radical (unpaired) electrons. The fourth-order valence-electron chi connectivity index (χ4n) is 2.09. The van der Waals surface area contributed by atoms with Gasteiger partial charge in [0.25, 0.3) is 0 Å². The van der Waals surface area contributed by atoms with Crippen LogP contribution in [0.15, 0.2) is 42.7 Å². The minimum atomic E-state index is -4.46. The molecule has 1 N–H and O–H groups in total. The molecule has 0 saturated heterocycles.